The van der Waals surface area contributed by atoms with E-state index in [1.165, 1.54) is 36.4 Å². The lowest BCUT2D eigenvalue weighted by atomic mass is 10.3. The topological polar surface area (TPSA) is 102 Å². The van der Waals surface area contributed by atoms with Crippen LogP contribution >= 0.6 is 15.9 Å². The van der Waals surface area contributed by atoms with E-state index in [9.17, 15) is 16.8 Å². The SMILES string of the molecule is CCOc1ccc(NS(=O)(=O)c2ccc(NS(=O)(=O)c3ccc(Br)cc3)cc2)cc1. The number of ether oxygens (including phenoxy) is 1. The number of rotatable bonds is 8. The molecule has 0 saturated carbocycles. The fourth-order valence-corrected chi connectivity index (χ4v) is 4.91. The van der Waals surface area contributed by atoms with Gasteiger partial charge in [-0.15, -0.1) is 0 Å². The van der Waals surface area contributed by atoms with E-state index in [1.807, 2.05) is 6.92 Å². The van der Waals surface area contributed by atoms with Crippen molar-refractivity contribution in [2.75, 3.05) is 16.1 Å². The van der Waals surface area contributed by atoms with Crippen LogP contribution in [-0.4, -0.2) is 23.4 Å². The number of nitrogens with one attached hydrogen (secondary N) is 2. The van der Waals surface area contributed by atoms with Gasteiger partial charge in [-0.2, -0.15) is 0 Å². The molecule has 10 heteroatoms. The molecule has 0 aliphatic carbocycles. The van der Waals surface area contributed by atoms with E-state index in [0.717, 1.165) is 4.47 Å². The van der Waals surface area contributed by atoms with E-state index in [-0.39, 0.29) is 15.5 Å². The van der Waals surface area contributed by atoms with Crippen molar-refractivity contribution in [3.8, 4) is 5.75 Å². The number of halogens is 1. The molecule has 158 valence electrons. The van der Waals surface area contributed by atoms with Gasteiger partial charge in [0.25, 0.3) is 20.0 Å². The third kappa shape index (κ3) is 5.53. The molecule has 3 aromatic rings. The normalized spacial score (nSPS) is 11.7. The summed E-state index contributed by atoms with van der Waals surface area (Å²) in [6, 6.07) is 18.2. The molecule has 0 amide bonds. The minimum atomic E-state index is -3.83. The molecule has 0 spiro atoms. The minimum absolute atomic E-state index is 0.00275. The molecule has 0 aliphatic rings. The van der Waals surface area contributed by atoms with E-state index in [2.05, 4.69) is 25.4 Å². The monoisotopic (exact) mass is 510 g/mol. The minimum Gasteiger partial charge on any atom is -0.494 e. The Hall–Kier alpha value is -2.56. The van der Waals surface area contributed by atoms with Crippen LogP contribution in [0.15, 0.2) is 87.1 Å². The van der Waals surface area contributed by atoms with Crippen molar-refractivity contribution in [3.05, 3.63) is 77.3 Å². The van der Waals surface area contributed by atoms with Crippen molar-refractivity contribution in [1.82, 2.24) is 0 Å². The Morgan fingerprint density at radius 2 is 1.10 bits per heavy atom. The molecule has 0 atom stereocenters. The molecule has 0 saturated heterocycles. The summed E-state index contributed by atoms with van der Waals surface area (Å²) in [5.74, 6) is 0.642. The van der Waals surface area contributed by atoms with Gasteiger partial charge in [0.2, 0.25) is 0 Å². The first kappa shape index (κ1) is 22.1. The molecule has 7 nitrogen and oxygen atoms in total. The third-order valence-corrected chi connectivity index (χ3v) is 7.28. The fourth-order valence-electron chi connectivity index (χ4n) is 2.53. The van der Waals surface area contributed by atoms with Crippen LogP contribution in [0.5, 0.6) is 5.75 Å². The average molecular weight is 511 g/mol. The zero-order chi connectivity index (χ0) is 21.8. The molecule has 3 aromatic carbocycles. The Morgan fingerprint density at radius 3 is 1.53 bits per heavy atom. The molecular weight excluding hydrogens is 492 g/mol. The molecule has 2 N–H and O–H groups in total. The van der Waals surface area contributed by atoms with Gasteiger partial charge in [0.15, 0.2) is 0 Å². The number of sulfonamides is 2. The summed E-state index contributed by atoms with van der Waals surface area (Å²) in [6.45, 7) is 2.38. The zero-order valence-corrected chi connectivity index (χ0v) is 19.1. The third-order valence-electron chi connectivity index (χ3n) is 3.96. The van der Waals surface area contributed by atoms with Crippen molar-refractivity contribution in [3.63, 3.8) is 0 Å². The van der Waals surface area contributed by atoms with Crippen LogP contribution in [0.25, 0.3) is 0 Å². The van der Waals surface area contributed by atoms with Crippen LogP contribution in [0.2, 0.25) is 0 Å². The van der Waals surface area contributed by atoms with Crippen LogP contribution in [-0.2, 0) is 20.0 Å². The largest absolute Gasteiger partial charge is 0.494 e. The molecule has 3 rings (SSSR count). The van der Waals surface area contributed by atoms with Crippen LogP contribution in [0.1, 0.15) is 6.92 Å². The zero-order valence-electron chi connectivity index (χ0n) is 15.9. The predicted octanol–water partition coefficient (Wildman–Crippen LogP) is 4.45. The fraction of sp³-hybridized carbons (Fsp3) is 0.100. The van der Waals surface area contributed by atoms with Crippen LogP contribution in [0.3, 0.4) is 0 Å². The first-order valence-corrected chi connectivity index (χ1v) is 12.6. The van der Waals surface area contributed by atoms with E-state index in [0.29, 0.717) is 18.0 Å². The second-order valence-electron chi connectivity index (χ2n) is 6.15. The molecule has 0 heterocycles. The predicted molar refractivity (Wildman–Crippen MR) is 120 cm³/mol. The van der Waals surface area contributed by atoms with Gasteiger partial charge in [-0.1, -0.05) is 15.9 Å². The van der Waals surface area contributed by atoms with Crippen molar-refractivity contribution in [1.29, 1.82) is 0 Å². The molecule has 30 heavy (non-hydrogen) atoms. The molecule has 0 bridgehead atoms. The van der Waals surface area contributed by atoms with E-state index in [1.54, 1.807) is 36.4 Å². The standard InChI is InChI=1S/C20H19BrN2O5S2/c1-2-28-18-9-5-16(6-10-18)22-30(26,27)20-13-7-17(8-14-20)23-29(24,25)19-11-3-15(21)4-12-19/h3-14,22-23H,2H2,1H3. The van der Waals surface area contributed by atoms with Crippen molar-refractivity contribution in [2.24, 2.45) is 0 Å². The first-order chi connectivity index (χ1) is 14.2. The average Bonchev–Trinajstić information content (AvgIpc) is 2.70. The van der Waals surface area contributed by atoms with E-state index < -0.39 is 20.0 Å². The van der Waals surface area contributed by atoms with Gasteiger partial charge in [0.05, 0.1) is 16.4 Å². The maximum absolute atomic E-state index is 12.6. The molecular formula is C20H19BrN2O5S2. The lowest BCUT2D eigenvalue weighted by Gasteiger charge is -2.11. The van der Waals surface area contributed by atoms with Crippen molar-refractivity contribution in [2.45, 2.75) is 16.7 Å². The molecule has 0 unspecified atom stereocenters. The van der Waals surface area contributed by atoms with Gasteiger partial charge < -0.3 is 4.74 Å². The van der Waals surface area contributed by atoms with Gasteiger partial charge in [0, 0.05) is 15.8 Å². The highest BCUT2D eigenvalue weighted by molar-refractivity contribution is 9.10. The van der Waals surface area contributed by atoms with Crippen LogP contribution < -0.4 is 14.2 Å². The lowest BCUT2D eigenvalue weighted by molar-refractivity contribution is 0.340. The van der Waals surface area contributed by atoms with Crippen LogP contribution in [0, 0.1) is 0 Å². The number of hydrogen-bond acceptors (Lipinski definition) is 5. The van der Waals surface area contributed by atoms with Gasteiger partial charge >= 0.3 is 0 Å². The molecule has 0 radical (unpaired) electrons. The smallest absolute Gasteiger partial charge is 0.261 e. The van der Waals surface area contributed by atoms with Gasteiger partial charge in [0.1, 0.15) is 5.75 Å². The van der Waals surface area contributed by atoms with Gasteiger partial charge in [-0.05, 0) is 79.7 Å². The maximum Gasteiger partial charge on any atom is 0.261 e. The Balaban J connectivity index is 1.73. The summed E-state index contributed by atoms with van der Waals surface area (Å²) in [5.41, 5.74) is 0.636. The summed E-state index contributed by atoms with van der Waals surface area (Å²) >= 11 is 3.26. The maximum atomic E-state index is 12.6. The molecule has 0 aliphatic heterocycles. The Labute approximate surface area is 184 Å². The number of benzene rings is 3. The Kier molecular flexibility index (Phi) is 6.69. The quantitative estimate of drug-likeness (QED) is 0.466. The van der Waals surface area contributed by atoms with Gasteiger partial charge in [-0.25, -0.2) is 16.8 Å². The Bertz CT molecular complexity index is 1210. The lowest BCUT2D eigenvalue weighted by Crippen LogP contribution is -2.14. The highest BCUT2D eigenvalue weighted by atomic mass is 79.9. The summed E-state index contributed by atoms with van der Waals surface area (Å²) in [4.78, 5) is 0.0996. The second kappa shape index (κ2) is 9.07. The first-order valence-electron chi connectivity index (χ1n) is 8.84. The van der Waals surface area contributed by atoms with E-state index in [4.69, 9.17) is 4.74 Å². The molecule has 0 aromatic heterocycles. The van der Waals surface area contributed by atoms with Crippen molar-refractivity contribution < 1.29 is 21.6 Å². The number of hydrogen-bond donors (Lipinski definition) is 2. The van der Waals surface area contributed by atoms with Crippen LogP contribution in [0.4, 0.5) is 11.4 Å². The Morgan fingerprint density at radius 1 is 0.700 bits per heavy atom. The summed E-state index contributed by atoms with van der Waals surface area (Å²) in [6.07, 6.45) is 0. The van der Waals surface area contributed by atoms with E-state index >= 15 is 0 Å². The summed E-state index contributed by atoms with van der Waals surface area (Å²) in [7, 11) is -7.61. The number of anilines is 2. The highest BCUT2D eigenvalue weighted by Crippen LogP contribution is 2.22. The molecule has 0 fully saturated rings. The highest BCUT2D eigenvalue weighted by Gasteiger charge is 2.17. The summed E-state index contributed by atoms with van der Waals surface area (Å²) < 4.78 is 61.0. The second-order valence-corrected chi connectivity index (χ2v) is 10.4. The van der Waals surface area contributed by atoms with Crippen molar-refractivity contribution >= 4 is 47.4 Å². The van der Waals surface area contributed by atoms with Gasteiger partial charge in [-0.3, -0.25) is 9.44 Å². The summed E-state index contributed by atoms with van der Waals surface area (Å²) in [5, 5.41) is 0.